The van der Waals surface area contributed by atoms with Gasteiger partial charge >= 0.3 is 5.97 Å². The van der Waals surface area contributed by atoms with Gasteiger partial charge in [-0.1, -0.05) is 18.2 Å². The van der Waals surface area contributed by atoms with Crippen molar-refractivity contribution in [3.05, 3.63) is 53.5 Å². The van der Waals surface area contributed by atoms with Gasteiger partial charge in [-0.05, 0) is 104 Å². The topological polar surface area (TPSA) is 119 Å². The van der Waals surface area contributed by atoms with E-state index >= 15 is 0 Å². The number of ether oxygens (including phenoxy) is 3. The Kier molecular flexibility index (Phi) is 17.7. The molecule has 1 aromatic heterocycles. The SMILES string of the molecule is CC(C)(CCN)OCCC(C)(C)Oc1ccccc1F.CCOC(=O)CCN(C)CCN(C=O)CCCc1ccc2c(n1)NCCC2. The zero-order valence-corrected chi connectivity index (χ0v) is 29.5. The van der Waals surface area contributed by atoms with Gasteiger partial charge in [0.05, 0.1) is 25.2 Å². The van der Waals surface area contributed by atoms with E-state index in [0.717, 1.165) is 63.1 Å². The summed E-state index contributed by atoms with van der Waals surface area (Å²) in [6.07, 6.45) is 6.77. The van der Waals surface area contributed by atoms with Crippen molar-refractivity contribution in [2.45, 2.75) is 90.8 Å². The average molecular weight is 660 g/mol. The standard InChI is InChI=1S/C20H32N4O3.C16H26FNO2/c1-3-27-19(26)10-13-23(2)14-15-24(16-25)12-5-7-18-9-8-17-6-4-11-21-20(17)22-18;1-15(2,9-11-18)19-12-10-16(3,4)20-14-8-6-5-7-13(14)17/h8-9,16H,3-7,10-15H2,1-2H3,(H,21,22);5-8H,9-12,18H2,1-4H3. The smallest absolute Gasteiger partial charge is 0.307 e. The van der Waals surface area contributed by atoms with E-state index in [1.54, 1.807) is 30.0 Å². The summed E-state index contributed by atoms with van der Waals surface area (Å²) in [5.74, 6) is 0.779. The van der Waals surface area contributed by atoms with Crippen molar-refractivity contribution >= 4 is 18.2 Å². The van der Waals surface area contributed by atoms with Crippen LogP contribution in [-0.4, -0.2) is 97.9 Å². The third-order valence-corrected chi connectivity index (χ3v) is 7.92. The number of nitrogens with one attached hydrogen (secondary N) is 1. The van der Waals surface area contributed by atoms with Gasteiger partial charge in [0, 0.05) is 44.8 Å². The molecule has 1 aliphatic rings. The molecule has 0 unspecified atom stereocenters. The number of para-hydroxylation sites is 1. The number of hydrogen-bond donors (Lipinski definition) is 2. The van der Waals surface area contributed by atoms with Crippen LogP contribution >= 0.6 is 0 Å². The minimum Gasteiger partial charge on any atom is -0.485 e. The van der Waals surface area contributed by atoms with Crippen LogP contribution in [0.3, 0.4) is 0 Å². The van der Waals surface area contributed by atoms with E-state index in [4.69, 9.17) is 24.9 Å². The average Bonchev–Trinajstić information content (AvgIpc) is 3.03. The summed E-state index contributed by atoms with van der Waals surface area (Å²) in [5.41, 5.74) is 7.19. The van der Waals surface area contributed by atoms with Crippen molar-refractivity contribution in [1.82, 2.24) is 14.8 Å². The van der Waals surface area contributed by atoms with Gasteiger partial charge in [0.2, 0.25) is 6.41 Å². The largest absolute Gasteiger partial charge is 0.485 e. The molecule has 1 amide bonds. The molecule has 1 aliphatic heterocycles. The van der Waals surface area contributed by atoms with Gasteiger partial charge < -0.3 is 35.1 Å². The number of nitrogens with two attached hydrogens (primary N) is 1. The summed E-state index contributed by atoms with van der Waals surface area (Å²) < 4.78 is 30.0. The third-order valence-electron chi connectivity index (χ3n) is 7.92. The molecule has 0 saturated heterocycles. The number of carbonyl (C=O) groups is 2. The van der Waals surface area contributed by atoms with Gasteiger partial charge in [-0.2, -0.15) is 0 Å². The maximum absolute atomic E-state index is 13.6. The highest BCUT2D eigenvalue weighted by atomic mass is 19.1. The van der Waals surface area contributed by atoms with E-state index in [0.29, 0.717) is 52.2 Å². The molecule has 1 aromatic carbocycles. The number of rotatable bonds is 20. The van der Waals surface area contributed by atoms with Crippen molar-refractivity contribution in [3.8, 4) is 5.75 Å². The highest BCUT2D eigenvalue weighted by molar-refractivity contribution is 5.69. The van der Waals surface area contributed by atoms with Crippen LogP contribution in [0.25, 0.3) is 0 Å². The van der Waals surface area contributed by atoms with Gasteiger partial charge in [0.15, 0.2) is 11.6 Å². The first kappa shape index (κ1) is 39.9. The maximum Gasteiger partial charge on any atom is 0.307 e. The number of likely N-dealkylation sites (N-methyl/N-ethyl adjacent to an activating group) is 1. The predicted octanol–water partition coefficient (Wildman–Crippen LogP) is 5.23. The minimum absolute atomic E-state index is 0.177. The maximum atomic E-state index is 13.6. The Morgan fingerprint density at radius 1 is 1.06 bits per heavy atom. The van der Waals surface area contributed by atoms with Crippen LogP contribution < -0.4 is 15.8 Å². The summed E-state index contributed by atoms with van der Waals surface area (Å²) >= 11 is 0. The molecule has 11 heteroatoms. The number of hydrogen-bond acceptors (Lipinski definition) is 9. The normalized spacial score (nSPS) is 12.8. The fourth-order valence-electron chi connectivity index (χ4n) is 4.98. The molecule has 3 rings (SSSR count). The Labute approximate surface area is 281 Å². The quantitative estimate of drug-likeness (QED) is 0.145. The number of esters is 1. The lowest BCUT2D eigenvalue weighted by atomic mass is 10.0. The van der Waals surface area contributed by atoms with E-state index in [1.165, 1.54) is 11.6 Å². The van der Waals surface area contributed by atoms with Crippen molar-refractivity contribution in [2.24, 2.45) is 5.73 Å². The highest BCUT2D eigenvalue weighted by Gasteiger charge is 2.24. The molecule has 2 heterocycles. The number of benzene rings is 1. The van der Waals surface area contributed by atoms with Crippen LogP contribution in [-0.2, 0) is 31.9 Å². The molecule has 47 heavy (non-hydrogen) atoms. The van der Waals surface area contributed by atoms with Crippen LogP contribution in [0.15, 0.2) is 36.4 Å². The number of nitrogens with zero attached hydrogens (tertiary/aromatic N) is 3. The fourth-order valence-corrected chi connectivity index (χ4v) is 4.98. The van der Waals surface area contributed by atoms with Crippen molar-refractivity contribution in [2.75, 3.05) is 64.8 Å². The summed E-state index contributed by atoms with van der Waals surface area (Å²) in [6, 6.07) is 10.7. The van der Waals surface area contributed by atoms with Crippen molar-refractivity contribution in [3.63, 3.8) is 0 Å². The van der Waals surface area contributed by atoms with Gasteiger partial charge in [0.25, 0.3) is 0 Å². The highest BCUT2D eigenvalue weighted by Crippen LogP contribution is 2.25. The zero-order chi connectivity index (χ0) is 34.7. The van der Waals surface area contributed by atoms with E-state index in [-0.39, 0.29) is 23.1 Å². The summed E-state index contributed by atoms with van der Waals surface area (Å²) in [6.45, 7) is 15.0. The van der Waals surface area contributed by atoms with Gasteiger partial charge in [-0.25, -0.2) is 9.37 Å². The third kappa shape index (κ3) is 16.4. The molecular weight excluding hydrogens is 601 g/mol. The number of halogens is 1. The van der Waals surface area contributed by atoms with Crippen LogP contribution in [0.5, 0.6) is 5.75 Å². The second-order valence-corrected chi connectivity index (χ2v) is 13.1. The Bertz CT molecular complexity index is 1210. The number of fused-ring (bicyclic) bond motifs is 1. The fraction of sp³-hybridized carbons (Fsp3) is 0.639. The second-order valence-electron chi connectivity index (χ2n) is 13.1. The molecular formula is C36H58FN5O5. The lowest BCUT2D eigenvalue weighted by Crippen LogP contribution is -2.34. The molecule has 0 radical (unpaired) electrons. The lowest BCUT2D eigenvalue weighted by molar-refractivity contribution is -0.143. The van der Waals surface area contributed by atoms with Gasteiger partial charge in [0.1, 0.15) is 11.4 Å². The molecule has 264 valence electrons. The van der Waals surface area contributed by atoms with Crippen LogP contribution in [0.2, 0.25) is 0 Å². The Morgan fingerprint density at radius 3 is 2.53 bits per heavy atom. The lowest BCUT2D eigenvalue weighted by Gasteiger charge is -2.30. The van der Waals surface area contributed by atoms with E-state index in [1.807, 2.05) is 39.6 Å². The van der Waals surface area contributed by atoms with E-state index < -0.39 is 5.60 Å². The van der Waals surface area contributed by atoms with Crippen LogP contribution in [0.4, 0.5) is 10.2 Å². The number of amides is 1. The summed E-state index contributed by atoms with van der Waals surface area (Å²) in [5, 5.41) is 3.36. The number of pyridine rings is 1. The predicted molar refractivity (Wildman–Crippen MR) is 185 cm³/mol. The second kappa shape index (κ2) is 20.8. The molecule has 0 atom stereocenters. The van der Waals surface area contributed by atoms with Gasteiger partial charge in [-0.3, -0.25) is 9.59 Å². The molecule has 10 nitrogen and oxygen atoms in total. The van der Waals surface area contributed by atoms with Gasteiger partial charge in [-0.15, -0.1) is 0 Å². The molecule has 0 saturated carbocycles. The molecule has 0 fully saturated rings. The van der Waals surface area contributed by atoms with Crippen LogP contribution in [0, 0.1) is 5.82 Å². The number of anilines is 1. The van der Waals surface area contributed by atoms with Crippen molar-refractivity contribution in [1.29, 1.82) is 0 Å². The zero-order valence-electron chi connectivity index (χ0n) is 29.5. The number of aryl methyl sites for hydroxylation is 2. The summed E-state index contributed by atoms with van der Waals surface area (Å²) in [4.78, 5) is 31.2. The molecule has 0 bridgehead atoms. The molecule has 3 N–H and O–H groups in total. The Hall–Kier alpha value is -3.28. The first-order chi connectivity index (χ1) is 22.4. The Morgan fingerprint density at radius 2 is 1.83 bits per heavy atom. The first-order valence-electron chi connectivity index (χ1n) is 16.9. The Balaban J connectivity index is 0.000000343. The molecule has 0 aliphatic carbocycles. The summed E-state index contributed by atoms with van der Waals surface area (Å²) in [7, 11) is 1.95. The van der Waals surface area contributed by atoms with E-state index in [9.17, 15) is 14.0 Å². The van der Waals surface area contributed by atoms with E-state index in [2.05, 4.69) is 17.4 Å². The minimum atomic E-state index is -0.485. The van der Waals surface area contributed by atoms with Crippen LogP contribution in [0.1, 0.15) is 78.0 Å². The monoisotopic (exact) mass is 659 g/mol. The molecule has 0 spiro atoms. The number of carbonyl (C=O) groups excluding carboxylic acids is 2. The first-order valence-corrected chi connectivity index (χ1v) is 16.9. The number of aromatic nitrogens is 1. The van der Waals surface area contributed by atoms with Crippen molar-refractivity contribution < 1.29 is 28.2 Å². The molecule has 2 aromatic rings.